The highest BCUT2D eigenvalue weighted by Gasteiger charge is 2.29. The second-order valence-corrected chi connectivity index (χ2v) is 12.4. The number of pyridine rings is 1. The van der Waals surface area contributed by atoms with Gasteiger partial charge in [0.05, 0.1) is 10.9 Å². The average molecular weight is 626 g/mol. The van der Waals surface area contributed by atoms with E-state index in [1.807, 2.05) is 18.2 Å². The molecule has 0 spiro atoms. The minimum absolute atomic E-state index is 0.655. The summed E-state index contributed by atoms with van der Waals surface area (Å²) in [7, 11) is 0. The fourth-order valence-electron chi connectivity index (χ4n) is 7.59. The molecule has 9 aromatic rings. The van der Waals surface area contributed by atoms with E-state index >= 15 is 0 Å². The van der Waals surface area contributed by atoms with Gasteiger partial charge in [-0.3, -0.25) is 0 Å². The second kappa shape index (κ2) is 11.9. The summed E-state index contributed by atoms with van der Waals surface area (Å²) < 4.78 is 1.06. The zero-order valence-electron chi connectivity index (χ0n) is 26.8. The van der Waals surface area contributed by atoms with Crippen LogP contribution in [0.2, 0.25) is 0 Å². The molecule has 0 fully saturated rings. The first-order chi connectivity index (χ1) is 24.3. The van der Waals surface area contributed by atoms with E-state index < -0.39 is 0 Å². The van der Waals surface area contributed by atoms with Crippen LogP contribution in [0.25, 0.3) is 88.1 Å². The summed E-state index contributed by atoms with van der Waals surface area (Å²) in [5.74, 6) is 0. The normalized spacial score (nSPS) is 11.3. The Hall–Kier alpha value is -6.51. The van der Waals surface area contributed by atoms with Gasteiger partial charge in [0.25, 0.3) is 0 Å². The summed E-state index contributed by atoms with van der Waals surface area (Å²) >= 11 is 0. The number of fused-ring (bicyclic) bond motifs is 3. The largest absolute Gasteiger partial charge is 0.618 e. The van der Waals surface area contributed by atoms with E-state index in [1.54, 1.807) is 6.20 Å². The molecule has 230 valence electrons. The highest BCUT2D eigenvalue weighted by molar-refractivity contribution is 6.27. The van der Waals surface area contributed by atoms with Crippen molar-refractivity contribution in [1.29, 1.82) is 0 Å². The first-order valence-corrected chi connectivity index (χ1v) is 16.7. The first-order valence-electron chi connectivity index (χ1n) is 16.7. The maximum absolute atomic E-state index is 14.3. The number of nitrogens with zero attached hydrogens (tertiary/aromatic N) is 1. The SMILES string of the molecule is [O-][n+]1ccc2ccccc2c1-c1c2ccccc2cc2c(-c3ccccc3)c(-c3ccccc3)c(-c3ccccc3)c(-c3ccccc3)c12. The Morgan fingerprint density at radius 1 is 0.327 bits per heavy atom. The van der Waals surface area contributed by atoms with Gasteiger partial charge >= 0.3 is 0 Å². The smallest absolute Gasteiger partial charge is 0.232 e. The van der Waals surface area contributed by atoms with Gasteiger partial charge in [-0.15, -0.1) is 0 Å². The van der Waals surface area contributed by atoms with Crippen molar-refractivity contribution >= 4 is 32.3 Å². The zero-order chi connectivity index (χ0) is 32.7. The number of aromatic nitrogens is 1. The van der Waals surface area contributed by atoms with Gasteiger partial charge in [0.2, 0.25) is 5.69 Å². The van der Waals surface area contributed by atoms with Crippen LogP contribution in [-0.4, -0.2) is 0 Å². The molecule has 0 atom stereocenters. The summed E-state index contributed by atoms with van der Waals surface area (Å²) in [4.78, 5) is 0. The molecule has 0 aliphatic rings. The van der Waals surface area contributed by atoms with Crippen LogP contribution in [0, 0.1) is 5.21 Å². The van der Waals surface area contributed by atoms with Crippen LogP contribution in [0.4, 0.5) is 0 Å². The van der Waals surface area contributed by atoms with Crippen LogP contribution < -0.4 is 4.73 Å². The van der Waals surface area contributed by atoms with E-state index in [4.69, 9.17) is 0 Å². The van der Waals surface area contributed by atoms with Crippen LogP contribution in [0.15, 0.2) is 188 Å². The minimum Gasteiger partial charge on any atom is -0.618 e. The standard InChI is InChI=1S/C47H31NO/c49-48-30-29-32-17-13-16-28-39(32)47(48)46-38-27-15-14-26-37(38)31-40-41(33-18-5-1-6-19-33)42(34-20-7-2-8-21-34)43(35-22-9-3-10-23-35)44(45(40)46)36-24-11-4-12-25-36/h1-31H. The predicted octanol–water partition coefficient (Wildman–Crippen LogP) is 12.1. The number of hydrogen-bond acceptors (Lipinski definition) is 1. The first kappa shape index (κ1) is 28.7. The molecule has 0 saturated carbocycles. The summed E-state index contributed by atoms with van der Waals surface area (Å²) in [5, 5.41) is 20.5. The van der Waals surface area contributed by atoms with E-state index in [0.29, 0.717) is 5.69 Å². The van der Waals surface area contributed by atoms with Crippen molar-refractivity contribution in [3.05, 3.63) is 193 Å². The molecule has 0 aliphatic carbocycles. The monoisotopic (exact) mass is 625 g/mol. The molecule has 0 N–H and O–H groups in total. The van der Waals surface area contributed by atoms with Crippen molar-refractivity contribution in [3.63, 3.8) is 0 Å². The van der Waals surface area contributed by atoms with Gasteiger partial charge in [-0.05, 0) is 78.2 Å². The van der Waals surface area contributed by atoms with Crippen LogP contribution in [0.1, 0.15) is 0 Å². The summed E-state index contributed by atoms with van der Waals surface area (Å²) in [6.07, 6.45) is 1.65. The fourth-order valence-corrected chi connectivity index (χ4v) is 7.59. The van der Waals surface area contributed by atoms with E-state index in [9.17, 15) is 5.21 Å². The third kappa shape index (κ3) is 4.77. The molecule has 0 amide bonds. The molecule has 0 saturated heterocycles. The molecular formula is C47H31NO. The summed E-state index contributed by atoms with van der Waals surface area (Å²) in [5.41, 5.74) is 10.6. The maximum Gasteiger partial charge on any atom is 0.232 e. The lowest BCUT2D eigenvalue weighted by Crippen LogP contribution is -2.28. The molecule has 0 unspecified atom stereocenters. The van der Waals surface area contributed by atoms with Crippen molar-refractivity contribution < 1.29 is 4.73 Å². The highest BCUT2D eigenvalue weighted by Crippen LogP contribution is 2.54. The van der Waals surface area contributed by atoms with Gasteiger partial charge in [-0.25, -0.2) is 0 Å². The second-order valence-electron chi connectivity index (χ2n) is 12.4. The van der Waals surface area contributed by atoms with E-state index in [1.165, 1.54) is 5.56 Å². The van der Waals surface area contributed by atoms with Crippen molar-refractivity contribution in [3.8, 4) is 55.8 Å². The van der Waals surface area contributed by atoms with Crippen LogP contribution >= 0.6 is 0 Å². The van der Waals surface area contributed by atoms with E-state index in [-0.39, 0.29) is 0 Å². The van der Waals surface area contributed by atoms with Crippen molar-refractivity contribution in [2.45, 2.75) is 0 Å². The van der Waals surface area contributed by atoms with Gasteiger partial charge in [-0.2, -0.15) is 4.73 Å². The zero-order valence-corrected chi connectivity index (χ0v) is 26.8. The molecule has 49 heavy (non-hydrogen) atoms. The topological polar surface area (TPSA) is 26.9 Å². The van der Waals surface area contributed by atoms with Crippen molar-refractivity contribution in [1.82, 2.24) is 0 Å². The highest BCUT2D eigenvalue weighted by atomic mass is 16.5. The minimum atomic E-state index is 0.655. The predicted molar refractivity (Wildman–Crippen MR) is 205 cm³/mol. The van der Waals surface area contributed by atoms with E-state index in [0.717, 1.165) is 81.6 Å². The van der Waals surface area contributed by atoms with Gasteiger partial charge in [-0.1, -0.05) is 164 Å². The third-order valence-electron chi connectivity index (χ3n) is 9.63. The Balaban J connectivity index is 1.65. The van der Waals surface area contributed by atoms with E-state index in [2.05, 4.69) is 164 Å². The molecule has 0 aliphatic heterocycles. The summed E-state index contributed by atoms with van der Waals surface area (Å²) in [6, 6.07) is 63.8. The molecular weight excluding hydrogens is 595 g/mol. The Morgan fingerprint density at radius 2 is 0.755 bits per heavy atom. The van der Waals surface area contributed by atoms with Crippen LogP contribution in [-0.2, 0) is 0 Å². The van der Waals surface area contributed by atoms with Gasteiger partial charge in [0.1, 0.15) is 0 Å². The molecule has 0 radical (unpaired) electrons. The third-order valence-corrected chi connectivity index (χ3v) is 9.63. The average Bonchev–Trinajstić information content (AvgIpc) is 3.17. The Bertz CT molecular complexity index is 2630. The molecule has 1 heterocycles. The van der Waals surface area contributed by atoms with Crippen LogP contribution in [0.3, 0.4) is 0 Å². The Kier molecular flexibility index (Phi) is 6.99. The van der Waals surface area contributed by atoms with Gasteiger partial charge in [0, 0.05) is 11.5 Å². The quantitative estimate of drug-likeness (QED) is 0.106. The number of rotatable bonds is 5. The molecule has 2 nitrogen and oxygen atoms in total. The Morgan fingerprint density at radius 3 is 1.33 bits per heavy atom. The molecule has 2 heteroatoms. The Labute approximate surface area is 285 Å². The van der Waals surface area contributed by atoms with Crippen molar-refractivity contribution in [2.24, 2.45) is 0 Å². The van der Waals surface area contributed by atoms with Gasteiger partial charge < -0.3 is 5.21 Å². The lowest BCUT2D eigenvalue weighted by molar-refractivity contribution is -0.592. The maximum atomic E-state index is 14.3. The lowest BCUT2D eigenvalue weighted by atomic mass is 9.76. The van der Waals surface area contributed by atoms with Crippen molar-refractivity contribution in [2.75, 3.05) is 0 Å². The fraction of sp³-hybridized carbons (Fsp3) is 0. The lowest BCUT2D eigenvalue weighted by Gasteiger charge is -2.26. The van der Waals surface area contributed by atoms with Crippen LogP contribution in [0.5, 0.6) is 0 Å². The summed E-state index contributed by atoms with van der Waals surface area (Å²) in [6.45, 7) is 0. The molecule has 8 aromatic carbocycles. The molecule has 1 aromatic heterocycles. The number of hydrogen-bond donors (Lipinski definition) is 0. The molecule has 9 rings (SSSR count). The molecule has 0 bridgehead atoms. The number of benzene rings is 8. The van der Waals surface area contributed by atoms with Gasteiger partial charge in [0.15, 0.2) is 6.20 Å².